The molecule has 1 amide bonds. The Morgan fingerprint density at radius 1 is 1.53 bits per heavy atom. The molecule has 1 atom stereocenters. The number of amides is 1. The molecule has 0 spiro atoms. The minimum atomic E-state index is -4.69. The van der Waals surface area contributed by atoms with Crippen LogP contribution in [0, 0.1) is 11.3 Å². The molecule has 0 fully saturated rings. The van der Waals surface area contributed by atoms with E-state index in [0.717, 1.165) is 12.1 Å². The van der Waals surface area contributed by atoms with Crippen molar-refractivity contribution < 1.29 is 22.7 Å². The topological polar surface area (TPSA) is 88.1 Å². The molecule has 3 N–H and O–H groups in total. The Hall–Kier alpha value is -2.27. The lowest BCUT2D eigenvalue weighted by molar-refractivity contribution is -0.140. The number of alkyl halides is 3. The molecule has 5 nitrogen and oxygen atoms in total. The molecule has 0 heterocycles. The Labute approximate surface area is 106 Å². The van der Waals surface area contributed by atoms with E-state index in [9.17, 15) is 18.0 Å². The van der Waals surface area contributed by atoms with Crippen LogP contribution in [0.25, 0.3) is 0 Å². The number of nitrogens with two attached hydrogens (primary N) is 1. The van der Waals surface area contributed by atoms with Crippen molar-refractivity contribution >= 4 is 5.91 Å². The molecule has 8 heteroatoms. The minimum absolute atomic E-state index is 0.157. The maximum atomic E-state index is 12.8. The molecule has 1 unspecified atom stereocenters. The van der Waals surface area contributed by atoms with Gasteiger partial charge in [-0.15, -0.1) is 0 Å². The quantitative estimate of drug-likeness (QED) is 0.494. The molecule has 19 heavy (non-hydrogen) atoms. The maximum absolute atomic E-state index is 12.8. The monoisotopic (exact) mass is 273 g/mol. The highest BCUT2D eigenvalue weighted by molar-refractivity contribution is 5.80. The summed E-state index contributed by atoms with van der Waals surface area (Å²) < 4.78 is 43.3. The lowest BCUT2D eigenvalue weighted by Gasteiger charge is -2.17. The van der Waals surface area contributed by atoms with E-state index in [1.807, 2.05) is 0 Å². The van der Waals surface area contributed by atoms with E-state index in [2.05, 4.69) is 0 Å². The molecule has 0 aromatic heterocycles. The molecule has 1 rings (SSSR count). The number of carbonyl (C=O) groups excluding carboxylic acids is 1. The lowest BCUT2D eigenvalue weighted by atomic mass is 10.1. The fourth-order valence-electron chi connectivity index (χ4n) is 1.29. The van der Waals surface area contributed by atoms with Crippen LogP contribution >= 0.6 is 0 Å². The summed E-state index contributed by atoms with van der Waals surface area (Å²) in [6.45, 7) is 1.25. The standard InChI is InChI=1S/C11H10F3N3O2/c1-6(10(18)17-16)19-9-3-2-7(5-15)4-8(9)11(12,13)14/h2-4,6H,16H2,1H3,(H,17,18). The van der Waals surface area contributed by atoms with Gasteiger partial charge in [0.05, 0.1) is 17.2 Å². The fraction of sp³-hybridized carbons (Fsp3) is 0.273. The predicted octanol–water partition coefficient (Wildman–Crippen LogP) is 1.33. The SMILES string of the molecule is CC(Oc1ccc(C#N)cc1C(F)(F)F)C(=O)NN. The van der Waals surface area contributed by atoms with Crippen LogP contribution < -0.4 is 16.0 Å². The van der Waals surface area contributed by atoms with Crippen LogP contribution in [0.3, 0.4) is 0 Å². The van der Waals surface area contributed by atoms with Crippen LogP contribution in [-0.2, 0) is 11.0 Å². The molecule has 0 aliphatic rings. The van der Waals surface area contributed by atoms with Crippen molar-refractivity contribution in [2.75, 3.05) is 0 Å². The van der Waals surface area contributed by atoms with E-state index in [-0.39, 0.29) is 5.56 Å². The third-order valence-corrected chi connectivity index (χ3v) is 2.23. The first-order chi connectivity index (χ1) is 8.79. The number of hydrazine groups is 1. The van der Waals surface area contributed by atoms with Gasteiger partial charge in [-0.25, -0.2) is 5.84 Å². The van der Waals surface area contributed by atoms with Crippen LogP contribution in [0.15, 0.2) is 18.2 Å². The maximum Gasteiger partial charge on any atom is 0.420 e. The second-order valence-electron chi connectivity index (χ2n) is 3.59. The zero-order chi connectivity index (χ0) is 14.6. The van der Waals surface area contributed by atoms with E-state index >= 15 is 0 Å². The van der Waals surface area contributed by atoms with Gasteiger partial charge in [0.25, 0.3) is 5.91 Å². The van der Waals surface area contributed by atoms with E-state index < -0.39 is 29.5 Å². The number of rotatable bonds is 3. The van der Waals surface area contributed by atoms with Gasteiger partial charge in [-0.2, -0.15) is 18.4 Å². The molecule has 0 bridgehead atoms. The van der Waals surface area contributed by atoms with Crippen LogP contribution in [0.4, 0.5) is 13.2 Å². The van der Waals surface area contributed by atoms with Gasteiger partial charge in [0.15, 0.2) is 6.10 Å². The first-order valence-electron chi connectivity index (χ1n) is 5.08. The summed E-state index contributed by atoms with van der Waals surface area (Å²) in [6, 6.07) is 4.41. The van der Waals surface area contributed by atoms with Crippen molar-refractivity contribution in [3.63, 3.8) is 0 Å². The Morgan fingerprint density at radius 2 is 2.16 bits per heavy atom. The number of nitriles is 1. The summed E-state index contributed by atoms with van der Waals surface area (Å²) in [5, 5.41) is 8.59. The summed E-state index contributed by atoms with van der Waals surface area (Å²) in [4.78, 5) is 11.1. The predicted molar refractivity (Wildman–Crippen MR) is 58.6 cm³/mol. The van der Waals surface area contributed by atoms with Gasteiger partial charge in [-0.1, -0.05) is 0 Å². The van der Waals surface area contributed by atoms with Crippen LogP contribution in [0.5, 0.6) is 5.75 Å². The average Bonchev–Trinajstić information content (AvgIpc) is 2.36. The largest absolute Gasteiger partial charge is 0.480 e. The van der Waals surface area contributed by atoms with Crippen LogP contribution in [0.1, 0.15) is 18.1 Å². The van der Waals surface area contributed by atoms with Crippen molar-refractivity contribution in [3.05, 3.63) is 29.3 Å². The van der Waals surface area contributed by atoms with Crippen LogP contribution in [-0.4, -0.2) is 12.0 Å². The molecule has 0 radical (unpaired) electrons. The smallest absolute Gasteiger partial charge is 0.420 e. The fourth-order valence-corrected chi connectivity index (χ4v) is 1.29. The number of ether oxygens (including phenoxy) is 1. The van der Waals surface area contributed by atoms with Crippen molar-refractivity contribution in [2.45, 2.75) is 19.2 Å². The molecule has 0 saturated heterocycles. The van der Waals surface area contributed by atoms with Gasteiger partial charge in [-0.3, -0.25) is 10.2 Å². The highest BCUT2D eigenvalue weighted by Crippen LogP contribution is 2.37. The van der Waals surface area contributed by atoms with Crippen molar-refractivity contribution in [1.29, 1.82) is 5.26 Å². The van der Waals surface area contributed by atoms with Crippen molar-refractivity contribution in [2.24, 2.45) is 5.84 Å². The van der Waals surface area contributed by atoms with Gasteiger partial charge < -0.3 is 4.74 Å². The first-order valence-corrected chi connectivity index (χ1v) is 5.08. The number of hydrogen-bond donors (Lipinski definition) is 2. The zero-order valence-electron chi connectivity index (χ0n) is 9.78. The van der Waals surface area contributed by atoms with E-state index in [1.54, 1.807) is 11.5 Å². The normalized spacial score (nSPS) is 12.4. The highest BCUT2D eigenvalue weighted by Gasteiger charge is 2.35. The summed E-state index contributed by atoms with van der Waals surface area (Å²) in [5.41, 5.74) is 0.489. The number of nitrogens with one attached hydrogen (secondary N) is 1. The summed E-state index contributed by atoms with van der Waals surface area (Å²) in [5.74, 6) is 3.55. The number of carbonyl (C=O) groups is 1. The van der Waals surface area contributed by atoms with Crippen LogP contribution in [0.2, 0.25) is 0 Å². The second kappa shape index (κ2) is 5.58. The van der Waals surface area contributed by atoms with E-state index in [4.69, 9.17) is 15.8 Å². The molecule has 0 aliphatic heterocycles. The van der Waals surface area contributed by atoms with Gasteiger partial charge in [0.2, 0.25) is 0 Å². The van der Waals surface area contributed by atoms with Gasteiger partial charge in [0, 0.05) is 0 Å². The minimum Gasteiger partial charge on any atom is -0.480 e. The van der Waals surface area contributed by atoms with Gasteiger partial charge in [-0.05, 0) is 25.1 Å². The van der Waals surface area contributed by atoms with Crippen molar-refractivity contribution in [1.82, 2.24) is 5.43 Å². The lowest BCUT2D eigenvalue weighted by Crippen LogP contribution is -2.40. The van der Waals surface area contributed by atoms with Gasteiger partial charge in [0.1, 0.15) is 5.75 Å². The number of nitrogens with zero attached hydrogens (tertiary/aromatic N) is 1. The second-order valence-corrected chi connectivity index (χ2v) is 3.59. The highest BCUT2D eigenvalue weighted by atomic mass is 19.4. The Balaban J connectivity index is 3.14. The van der Waals surface area contributed by atoms with E-state index in [0.29, 0.717) is 6.07 Å². The molecular weight excluding hydrogens is 263 g/mol. The third-order valence-electron chi connectivity index (χ3n) is 2.23. The molecule has 102 valence electrons. The average molecular weight is 273 g/mol. The Bertz CT molecular complexity index is 523. The molecule has 1 aromatic carbocycles. The number of hydrogen-bond acceptors (Lipinski definition) is 4. The number of halogens is 3. The molecule has 0 saturated carbocycles. The summed E-state index contributed by atoms with van der Waals surface area (Å²) in [6.07, 6.45) is -5.89. The molecule has 1 aromatic rings. The molecule has 0 aliphatic carbocycles. The first kappa shape index (κ1) is 14.8. The summed E-state index contributed by atoms with van der Waals surface area (Å²) in [7, 11) is 0. The number of benzene rings is 1. The Morgan fingerprint density at radius 3 is 2.63 bits per heavy atom. The Kier molecular flexibility index (Phi) is 4.34. The van der Waals surface area contributed by atoms with Crippen molar-refractivity contribution in [3.8, 4) is 11.8 Å². The van der Waals surface area contributed by atoms with Gasteiger partial charge >= 0.3 is 6.18 Å². The summed E-state index contributed by atoms with van der Waals surface area (Å²) >= 11 is 0. The molecular formula is C11H10F3N3O2. The van der Waals surface area contributed by atoms with E-state index in [1.165, 1.54) is 6.92 Å². The zero-order valence-corrected chi connectivity index (χ0v) is 9.78. The third kappa shape index (κ3) is 3.59.